The number of nitrogens with zero attached hydrogens (tertiary/aromatic N) is 3. The minimum atomic E-state index is -2.95. The van der Waals surface area contributed by atoms with E-state index in [1.54, 1.807) is 0 Å². The first kappa shape index (κ1) is 23.2. The summed E-state index contributed by atoms with van der Waals surface area (Å²) in [4.78, 5) is 16.8. The van der Waals surface area contributed by atoms with Gasteiger partial charge in [0.2, 0.25) is 0 Å². The van der Waals surface area contributed by atoms with Crippen molar-refractivity contribution in [3.8, 4) is 0 Å². The molecule has 146 valence electrons. The highest BCUT2D eigenvalue weighted by atomic mass is 32.5. The lowest BCUT2D eigenvalue weighted by Crippen LogP contribution is -2.45. The highest BCUT2D eigenvalue weighted by Gasteiger charge is 2.46. The maximum Gasteiger partial charge on any atom is 0.479 e. The van der Waals surface area contributed by atoms with E-state index < -0.39 is 24.3 Å². The van der Waals surface area contributed by atoms with Gasteiger partial charge >= 0.3 is 12.7 Å². The minimum absolute atomic E-state index is 0.162. The lowest BCUT2D eigenvalue weighted by Gasteiger charge is -2.40. The van der Waals surface area contributed by atoms with Gasteiger partial charge in [-0.05, 0) is 28.7 Å². The van der Waals surface area contributed by atoms with E-state index in [1.165, 1.54) is 11.1 Å². The Morgan fingerprint density at radius 1 is 1.44 bits per heavy atom. The van der Waals surface area contributed by atoms with Gasteiger partial charge < -0.3 is 13.6 Å². The number of rotatable bonds is 7. The minimum Gasteiger partial charge on any atom is -0.573 e. The van der Waals surface area contributed by atoms with Crippen LogP contribution < -0.4 is 0 Å². The molecule has 0 radical (unpaired) electrons. The molecule has 1 unspecified atom stereocenters. The Morgan fingerprint density at radius 2 is 2.00 bits per heavy atom. The Labute approximate surface area is 163 Å². The van der Waals surface area contributed by atoms with Crippen LogP contribution in [0.1, 0.15) is 40.5 Å². The molecule has 1 amide bonds. The molecule has 12 heteroatoms. The fraction of sp³-hybridized carbons (Fsp3) is 0.846. The molecule has 1 atom stereocenters. The first-order valence-electron chi connectivity index (χ1n) is 7.86. The summed E-state index contributed by atoms with van der Waals surface area (Å²) in [5.41, 5.74) is -0.162. The summed E-state index contributed by atoms with van der Waals surface area (Å²) >= 11 is 7.64. The first-order chi connectivity index (χ1) is 11.6. The van der Waals surface area contributed by atoms with Crippen LogP contribution in [-0.4, -0.2) is 50.9 Å². The van der Waals surface area contributed by atoms with Gasteiger partial charge in [0.25, 0.3) is 0 Å². The van der Waals surface area contributed by atoms with Gasteiger partial charge in [-0.3, -0.25) is 4.84 Å². The Hall–Kier alpha value is 0.130. The average molecular weight is 432 g/mol. The van der Waals surface area contributed by atoms with Crippen molar-refractivity contribution in [3.05, 3.63) is 0 Å². The molecule has 1 fully saturated rings. The van der Waals surface area contributed by atoms with Crippen molar-refractivity contribution < 1.29 is 23.2 Å². The molecule has 0 aliphatic carbocycles. The summed E-state index contributed by atoms with van der Waals surface area (Å²) in [7, 11) is 1.34. The van der Waals surface area contributed by atoms with E-state index in [4.69, 9.17) is 25.7 Å². The molecule has 1 rings (SSSR count). The number of amides is 1. The topological polar surface area (TPSA) is 86.7 Å². The summed E-state index contributed by atoms with van der Waals surface area (Å²) < 4.78 is 26.7. The molecule has 0 N–H and O–H groups in total. The number of carbonyl (C=O) groups excluding carboxylic acids is 1. The van der Waals surface area contributed by atoms with Crippen LogP contribution in [0.4, 0.5) is 4.79 Å². The predicted octanol–water partition coefficient (Wildman–Crippen LogP) is 3.30. The third-order valence-electron chi connectivity index (χ3n) is 3.14. The molecule has 0 spiro atoms. The number of hydrogen-bond donors (Lipinski definition) is 1. The van der Waals surface area contributed by atoms with Crippen LogP contribution in [0.3, 0.4) is 0 Å². The Morgan fingerprint density at radius 3 is 2.48 bits per heavy atom. The Balaban J connectivity index is 2.87. The molecule has 1 aliphatic heterocycles. The molecule has 0 saturated carbocycles. The smallest absolute Gasteiger partial charge is 0.479 e. The molecule has 1 heterocycles. The highest BCUT2D eigenvalue weighted by Crippen LogP contribution is 2.58. The third-order valence-corrected chi connectivity index (χ3v) is 8.96. The van der Waals surface area contributed by atoms with Gasteiger partial charge in [0.15, 0.2) is 11.5 Å². The van der Waals surface area contributed by atoms with Gasteiger partial charge in [0, 0.05) is 5.41 Å². The third kappa shape index (κ3) is 6.66. The zero-order valence-corrected chi connectivity index (χ0v) is 18.6. The van der Waals surface area contributed by atoms with Crippen molar-refractivity contribution in [2.75, 3.05) is 26.8 Å². The number of carbonyl (C=O) groups is 1. The van der Waals surface area contributed by atoms with Gasteiger partial charge in [0.05, 0.1) is 26.8 Å². The number of oxime groups is 1. The van der Waals surface area contributed by atoms with E-state index in [-0.39, 0.29) is 5.41 Å². The van der Waals surface area contributed by atoms with E-state index in [2.05, 4.69) is 17.8 Å². The van der Waals surface area contributed by atoms with Crippen LogP contribution >= 0.6 is 19.3 Å². The van der Waals surface area contributed by atoms with Crippen LogP contribution in [0.5, 0.6) is 0 Å². The van der Waals surface area contributed by atoms with Crippen molar-refractivity contribution in [3.63, 3.8) is 0 Å². The maximum atomic E-state index is 12.9. The number of hydrogen-bond acceptors (Lipinski definition) is 7. The molecule has 0 bridgehead atoms. The second-order valence-corrected chi connectivity index (χ2v) is 11.8. The molecule has 0 aromatic rings. The van der Waals surface area contributed by atoms with Crippen molar-refractivity contribution in [2.24, 2.45) is 10.6 Å². The molecule has 0 aromatic heterocycles. The molecular weight excluding hydrogens is 405 g/mol. The molecule has 1 saturated heterocycles. The summed E-state index contributed by atoms with van der Waals surface area (Å²) in [6.07, 6.45) is 0.305. The SMILES string of the molecule is CCCN([S+]([O-])N(C)C(=O)O/N=C(/S)CC)P1(=S)OCC(C)(C)CO1. The zero-order chi connectivity index (χ0) is 19.3. The van der Waals surface area contributed by atoms with Crippen molar-refractivity contribution in [2.45, 2.75) is 40.5 Å². The van der Waals surface area contributed by atoms with Crippen LogP contribution in [0.25, 0.3) is 0 Å². The highest BCUT2D eigenvalue weighted by molar-refractivity contribution is 8.13. The van der Waals surface area contributed by atoms with Crippen LogP contribution in [0.15, 0.2) is 5.16 Å². The quantitative estimate of drug-likeness (QED) is 0.126. The fourth-order valence-corrected chi connectivity index (χ4v) is 6.61. The normalized spacial score (nSPS) is 21.0. The predicted molar refractivity (Wildman–Crippen MR) is 106 cm³/mol. The van der Waals surface area contributed by atoms with E-state index in [0.717, 1.165) is 4.31 Å². The number of thiol groups is 1. The van der Waals surface area contributed by atoms with Crippen molar-refractivity contribution in [1.29, 1.82) is 0 Å². The molecule has 1 aliphatic rings. The summed E-state index contributed by atoms with van der Waals surface area (Å²) in [5.74, 6) is 0. The fourth-order valence-electron chi connectivity index (χ4n) is 1.62. The maximum absolute atomic E-state index is 12.9. The summed E-state index contributed by atoms with van der Waals surface area (Å²) in [5, 5.41) is 3.91. The van der Waals surface area contributed by atoms with Crippen LogP contribution in [0, 0.1) is 5.41 Å². The van der Waals surface area contributed by atoms with Crippen molar-refractivity contribution in [1.82, 2.24) is 8.38 Å². The summed E-state index contributed by atoms with van der Waals surface area (Å²) in [6.45, 7) is 5.94. The zero-order valence-electron chi connectivity index (χ0n) is 15.1. The Bertz CT molecular complexity index is 535. The second-order valence-electron chi connectivity index (χ2n) is 6.20. The van der Waals surface area contributed by atoms with Gasteiger partial charge in [-0.2, -0.15) is 0 Å². The van der Waals surface area contributed by atoms with E-state index in [9.17, 15) is 9.35 Å². The van der Waals surface area contributed by atoms with E-state index in [0.29, 0.717) is 37.6 Å². The van der Waals surface area contributed by atoms with Gasteiger partial charge in [-0.25, -0.2) is 4.79 Å². The summed E-state index contributed by atoms with van der Waals surface area (Å²) in [6, 6.07) is 0. The van der Waals surface area contributed by atoms with E-state index >= 15 is 0 Å². The van der Waals surface area contributed by atoms with Crippen molar-refractivity contribution >= 4 is 53.8 Å². The van der Waals surface area contributed by atoms with Gasteiger partial charge in [-0.1, -0.05) is 32.9 Å². The average Bonchev–Trinajstić information content (AvgIpc) is 2.58. The second kappa shape index (κ2) is 9.89. The standard InChI is InChI=1S/C13H26N3O5PS3/c1-6-8-16(22(24)19-9-13(3,4)10-20-22)25(18)15(5)12(17)21-14-11(23)7-2/h6-10H2,1-5H3,(H,14,23). The lowest BCUT2D eigenvalue weighted by atomic mass is 9.97. The van der Waals surface area contributed by atoms with Gasteiger partial charge in [-0.15, -0.1) is 16.9 Å². The molecule has 0 aromatic carbocycles. The largest absolute Gasteiger partial charge is 0.573 e. The molecule has 8 nitrogen and oxygen atoms in total. The van der Waals surface area contributed by atoms with Gasteiger partial charge in [0.1, 0.15) is 5.04 Å². The molecule has 25 heavy (non-hydrogen) atoms. The van der Waals surface area contributed by atoms with Crippen LogP contribution in [-0.2, 0) is 37.2 Å². The first-order valence-corrected chi connectivity index (χ1v) is 12.0. The lowest BCUT2D eigenvalue weighted by molar-refractivity contribution is 0.0493. The van der Waals surface area contributed by atoms with E-state index in [1.807, 2.05) is 27.7 Å². The van der Waals surface area contributed by atoms with Crippen LogP contribution in [0.2, 0.25) is 0 Å². The monoisotopic (exact) mass is 431 g/mol. The molecular formula is C13H26N3O5PS3. The Kier molecular flexibility index (Phi) is 9.17.